The number of benzene rings is 1. The summed E-state index contributed by atoms with van der Waals surface area (Å²) in [4.78, 5) is 142. The van der Waals surface area contributed by atoms with E-state index in [0.29, 0.717) is 77.9 Å². The lowest BCUT2D eigenvalue weighted by molar-refractivity contribution is -0.141. The molecule has 1 aromatic rings. The molecule has 80 heavy (non-hydrogen) atoms. The van der Waals surface area contributed by atoms with Crippen molar-refractivity contribution in [1.82, 2.24) is 57.2 Å². The van der Waals surface area contributed by atoms with Crippen molar-refractivity contribution in [3.8, 4) is 0 Å². The number of hydrogen-bond donors (Lipinski definition) is 15. The molecule has 0 aromatic heterocycles. The first-order valence-electron chi connectivity index (χ1n) is 26.8. The fourth-order valence-corrected chi connectivity index (χ4v) is 8.50. The predicted octanol–water partition coefficient (Wildman–Crippen LogP) is -2.03. The third kappa shape index (κ3) is 30.5. The highest BCUT2D eigenvalue weighted by atomic mass is 16.4. The molecule has 6 atom stereocenters. The van der Waals surface area contributed by atoms with Crippen LogP contribution in [-0.4, -0.2) is 221 Å². The normalized spacial score (nSPS) is 15.5. The van der Waals surface area contributed by atoms with E-state index in [1.807, 2.05) is 17.1 Å². The van der Waals surface area contributed by atoms with Gasteiger partial charge in [-0.25, -0.2) is 14.4 Å². The molecule has 448 valence electrons. The molecule has 0 aliphatic carbocycles. The van der Waals surface area contributed by atoms with E-state index in [0.717, 1.165) is 5.56 Å². The van der Waals surface area contributed by atoms with Crippen LogP contribution < -0.4 is 48.3 Å². The largest absolute Gasteiger partial charge is 0.481 e. The molecule has 0 radical (unpaired) electrons. The van der Waals surface area contributed by atoms with E-state index in [9.17, 15) is 73.2 Å². The Morgan fingerprint density at radius 1 is 0.550 bits per heavy atom. The second-order valence-electron chi connectivity index (χ2n) is 19.7. The van der Waals surface area contributed by atoms with Crippen molar-refractivity contribution >= 4 is 71.4 Å². The van der Waals surface area contributed by atoms with Crippen molar-refractivity contribution in [2.45, 2.75) is 115 Å². The van der Waals surface area contributed by atoms with Gasteiger partial charge in [-0.1, -0.05) is 50.6 Å². The number of nitrogens with zero attached hydrogens (tertiary/aromatic N) is 3. The maximum absolute atomic E-state index is 14.1. The van der Waals surface area contributed by atoms with Crippen LogP contribution in [-0.2, 0) is 54.4 Å². The Balaban J connectivity index is 1.99. The Kier molecular flexibility index (Phi) is 32.5. The lowest BCUT2D eigenvalue weighted by atomic mass is 9.92. The van der Waals surface area contributed by atoms with E-state index in [1.54, 1.807) is 47.1 Å². The molecule has 7 amide bonds. The van der Waals surface area contributed by atoms with Crippen molar-refractivity contribution in [3.05, 3.63) is 35.9 Å². The number of guanidine groups is 1. The average molecular weight is 1130 g/mol. The van der Waals surface area contributed by atoms with Crippen molar-refractivity contribution in [1.29, 1.82) is 5.41 Å². The van der Waals surface area contributed by atoms with Crippen LogP contribution in [0.25, 0.3) is 0 Å². The zero-order valence-electron chi connectivity index (χ0n) is 45.7. The number of hydrogen-bond acceptors (Lipinski definition) is 15. The molecular formula is C51H83N13O16. The lowest BCUT2D eigenvalue weighted by Crippen LogP contribution is -2.55. The molecule has 29 heteroatoms. The van der Waals surface area contributed by atoms with Gasteiger partial charge in [0.15, 0.2) is 5.96 Å². The number of unbranched alkanes of at least 4 members (excludes halogenated alkanes) is 2. The number of carboxylic acid groups (broad SMARTS) is 5. The van der Waals surface area contributed by atoms with Gasteiger partial charge in [-0.05, 0) is 62.8 Å². The minimum absolute atomic E-state index is 0.0419. The Morgan fingerprint density at radius 3 is 1.57 bits per heavy atom. The molecule has 1 aliphatic heterocycles. The van der Waals surface area contributed by atoms with Gasteiger partial charge >= 0.3 is 35.9 Å². The maximum Gasteiger partial charge on any atom is 0.326 e. The summed E-state index contributed by atoms with van der Waals surface area (Å²) in [5, 5.41) is 74.8. The molecule has 0 bridgehead atoms. The highest BCUT2D eigenvalue weighted by Crippen LogP contribution is 2.17. The molecule has 1 fully saturated rings. The summed E-state index contributed by atoms with van der Waals surface area (Å²) >= 11 is 0. The highest BCUT2D eigenvalue weighted by molar-refractivity contribution is 5.93. The topological polar surface area (TPSA) is 445 Å². The van der Waals surface area contributed by atoms with Crippen molar-refractivity contribution < 1.29 is 78.3 Å². The number of carboxylic acids is 5. The number of rotatable bonds is 38. The van der Waals surface area contributed by atoms with Gasteiger partial charge in [0.05, 0.1) is 19.6 Å². The third-order valence-electron chi connectivity index (χ3n) is 13.1. The van der Waals surface area contributed by atoms with E-state index >= 15 is 0 Å². The Morgan fingerprint density at radius 2 is 1.06 bits per heavy atom. The number of nitrogens with one attached hydrogen (secondary N) is 9. The summed E-state index contributed by atoms with van der Waals surface area (Å²) in [5.41, 5.74) is 6.17. The van der Waals surface area contributed by atoms with E-state index in [2.05, 4.69) is 37.2 Å². The Labute approximate surface area is 464 Å². The number of carbonyl (C=O) groups excluding carboxylic acids is 6. The van der Waals surface area contributed by atoms with E-state index in [4.69, 9.17) is 16.2 Å². The van der Waals surface area contributed by atoms with Crippen LogP contribution in [0.4, 0.5) is 4.79 Å². The van der Waals surface area contributed by atoms with Gasteiger partial charge in [0.1, 0.15) is 24.2 Å². The summed E-state index contributed by atoms with van der Waals surface area (Å²) in [6, 6.07) is 2.37. The minimum atomic E-state index is -1.60. The van der Waals surface area contributed by atoms with E-state index < -0.39 is 102 Å². The number of carbonyl (C=O) groups is 11. The van der Waals surface area contributed by atoms with Gasteiger partial charge < -0.3 is 73.8 Å². The summed E-state index contributed by atoms with van der Waals surface area (Å²) < 4.78 is 0. The van der Waals surface area contributed by atoms with Crippen LogP contribution >= 0.6 is 0 Å². The van der Waals surface area contributed by atoms with Crippen molar-refractivity contribution in [2.24, 2.45) is 17.6 Å². The minimum Gasteiger partial charge on any atom is -0.481 e. The first-order chi connectivity index (χ1) is 37.9. The molecule has 2 rings (SSSR count). The average Bonchev–Trinajstić information content (AvgIpc) is 3.47. The number of amides is 7. The predicted molar refractivity (Wildman–Crippen MR) is 289 cm³/mol. The van der Waals surface area contributed by atoms with E-state index in [-0.39, 0.29) is 89.2 Å². The molecule has 1 aliphatic rings. The maximum atomic E-state index is 14.1. The van der Waals surface area contributed by atoms with Gasteiger partial charge in [0, 0.05) is 90.6 Å². The van der Waals surface area contributed by atoms with Gasteiger partial charge in [0.2, 0.25) is 29.5 Å². The van der Waals surface area contributed by atoms with Gasteiger partial charge in [-0.2, -0.15) is 0 Å². The highest BCUT2D eigenvalue weighted by Gasteiger charge is 2.30. The van der Waals surface area contributed by atoms with Crippen LogP contribution in [0.3, 0.4) is 0 Å². The number of nitrogens with two attached hydrogens (primary N) is 1. The van der Waals surface area contributed by atoms with E-state index in [1.165, 1.54) is 0 Å². The van der Waals surface area contributed by atoms with Crippen LogP contribution in [0.1, 0.15) is 90.0 Å². The quantitative estimate of drug-likeness (QED) is 0.0193. The third-order valence-corrected chi connectivity index (χ3v) is 13.1. The monoisotopic (exact) mass is 1130 g/mol. The summed E-state index contributed by atoms with van der Waals surface area (Å²) in [6.45, 7) is 6.45. The summed E-state index contributed by atoms with van der Waals surface area (Å²) in [6.07, 6.45) is 1.34. The smallest absolute Gasteiger partial charge is 0.326 e. The molecule has 1 saturated heterocycles. The molecule has 4 unspecified atom stereocenters. The van der Waals surface area contributed by atoms with Gasteiger partial charge in [-0.15, -0.1) is 0 Å². The van der Waals surface area contributed by atoms with Gasteiger partial charge in [0.25, 0.3) is 0 Å². The van der Waals surface area contributed by atoms with Crippen LogP contribution in [0, 0.1) is 17.2 Å². The number of urea groups is 1. The van der Waals surface area contributed by atoms with Crippen molar-refractivity contribution in [3.63, 3.8) is 0 Å². The summed E-state index contributed by atoms with van der Waals surface area (Å²) in [5.74, 6) is -9.90. The zero-order valence-corrected chi connectivity index (χ0v) is 45.7. The molecule has 0 saturated carbocycles. The Bertz CT molecular complexity index is 2180. The molecule has 1 aromatic carbocycles. The van der Waals surface area contributed by atoms with Crippen LogP contribution in [0.5, 0.6) is 0 Å². The second-order valence-corrected chi connectivity index (χ2v) is 19.7. The standard InChI is InChI=1S/C51H83N13O16/c1-3-34(29-57-40(65)16-14-37(48(76)77)60-51(80)61-38(49(78)79)15-17-42(67)68)27-33(2)45(73)59-39(28-35-11-6-4-7-12-35)47(75)58-36(13-10-20-56-50(52)53)46(74)55-19-9-5-8-18-54-41(66)30-62-21-23-63(31-43(69)70)25-26-64(24-22-62)32-44(71)72/h4,6-7,11-12,33-34,36-39H,3,5,8-10,13-32H2,1-2H3,(H,54,66)(H,55,74)(H,57,65)(H,58,75)(H,59,73)(H,67,68)(H,69,70)(H,71,72)(H,76,77)(H,78,79)(H4,52,53,56)(H2,60,61,80)/t33?,34?,36-,37?,38?,39-/m0/s1. The number of aliphatic carboxylic acids is 5. The molecule has 29 nitrogen and oxygen atoms in total. The second kappa shape index (κ2) is 38.0. The fourth-order valence-electron chi connectivity index (χ4n) is 8.50. The first-order valence-corrected chi connectivity index (χ1v) is 26.8. The molecule has 1 heterocycles. The molecule has 16 N–H and O–H groups in total. The van der Waals surface area contributed by atoms with Gasteiger partial charge in [-0.3, -0.25) is 58.5 Å². The SMILES string of the molecule is CCC(CNC(=O)CCC(NC(=O)NC(CCC(=O)O)C(=O)O)C(=O)O)CC(C)C(=O)N[C@@H](Cc1ccccc1)C(=O)N[C@@H](CCCNC(=N)N)C(=O)NCCCCCNC(=O)CN1CCN(CC(=O)O)CCN(CC(=O)O)CC1. The summed E-state index contributed by atoms with van der Waals surface area (Å²) in [7, 11) is 0. The van der Waals surface area contributed by atoms with Crippen LogP contribution in [0.2, 0.25) is 0 Å². The first kappa shape index (κ1) is 68.4. The lowest BCUT2D eigenvalue weighted by Gasteiger charge is -2.25. The molecule has 0 spiro atoms. The van der Waals surface area contributed by atoms with Crippen molar-refractivity contribution in [2.75, 3.05) is 85.1 Å². The molecular weight excluding hydrogens is 1050 g/mol. The zero-order chi connectivity index (χ0) is 59.6. The van der Waals surface area contributed by atoms with Crippen LogP contribution in [0.15, 0.2) is 30.3 Å². The Hall–Kier alpha value is -7.66. The fraction of sp³-hybridized carbons (Fsp3) is 0.647.